The lowest BCUT2D eigenvalue weighted by molar-refractivity contribution is -0.156. The molecule has 1 aromatic rings. The summed E-state index contributed by atoms with van der Waals surface area (Å²) in [4.78, 5) is 33.8. The summed E-state index contributed by atoms with van der Waals surface area (Å²) in [5.41, 5.74) is -2.45. The van der Waals surface area contributed by atoms with Crippen LogP contribution in [0.3, 0.4) is 0 Å². The van der Waals surface area contributed by atoms with Crippen LogP contribution in [-0.4, -0.2) is 40.0 Å². The zero-order valence-electron chi connectivity index (χ0n) is 11.7. The Labute approximate surface area is 124 Å². The second-order valence-corrected chi connectivity index (χ2v) is 4.90. The highest BCUT2D eigenvalue weighted by Crippen LogP contribution is 2.12. The Hall–Kier alpha value is -2.35. The number of Topliss-reactive ketones (excluding diaryl/α,β-unsaturated/α-hetero) is 1. The van der Waals surface area contributed by atoms with Crippen molar-refractivity contribution in [2.24, 2.45) is 0 Å². The molecule has 0 spiro atoms. The fourth-order valence-corrected chi connectivity index (χ4v) is 1.51. The Morgan fingerprint density at radius 2 is 1.86 bits per heavy atom. The molecule has 1 unspecified atom stereocenters. The Morgan fingerprint density at radius 3 is 2.41 bits per heavy atom. The zero-order chi connectivity index (χ0) is 16.9. The Bertz CT molecular complexity index is 601. The summed E-state index contributed by atoms with van der Waals surface area (Å²) in [5, 5.41) is 20.2. The normalized spacial score (nSPS) is 13.3. The predicted molar refractivity (Wildman–Crippen MR) is 71.2 cm³/mol. The predicted octanol–water partition coefficient (Wildman–Crippen LogP) is 0.880. The summed E-state index contributed by atoms with van der Waals surface area (Å²) in [6.45, 7) is 0.481. The summed E-state index contributed by atoms with van der Waals surface area (Å²) in [5.74, 6) is -4.69. The van der Waals surface area contributed by atoms with Crippen LogP contribution in [0.1, 0.15) is 30.1 Å². The van der Waals surface area contributed by atoms with Crippen molar-refractivity contribution in [1.82, 2.24) is 5.32 Å². The van der Waals surface area contributed by atoms with Crippen LogP contribution in [0.25, 0.3) is 0 Å². The number of aliphatic hydroxyl groups is 1. The van der Waals surface area contributed by atoms with Gasteiger partial charge in [0.25, 0.3) is 0 Å². The Morgan fingerprint density at radius 1 is 1.23 bits per heavy atom. The van der Waals surface area contributed by atoms with E-state index in [9.17, 15) is 28.3 Å². The molecule has 6 nitrogen and oxygen atoms in total. The van der Waals surface area contributed by atoms with E-state index in [-0.39, 0.29) is 18.4 Å². The van der Waals surface area contributed by atoms with Gasteiger partial charge in [0.05, 0.1) is 12.1 Å². The maximum Gasteiger partial charge on any atom is 0.337 e. The van der Waals surface area contributed by atoms with Gasteiger partial charge in [-0.25, -0.2) is 13.6 Å². The number of hydrogen-bond acceptors (Lipinski definition) is 4. The van der Waals surface area contributed by atoms with E-state index in [2.05, 4.69) is 5.32 Å². The van der Waals surface area contributed by atoms with Crippen LogP contribution in [0.15, 0.2) is 18.2 Å². The van der Waals surface area contributed by atoms with Gasteiger partial charge in [-0.3, -0.25) is 9.59 Å². The SMILES string of the molecule is CC(O)(CNC(=O)CCC(=O)c1ccc(F)cc1F)C(=O)O. The molecule has 0 aromatic heterocycles. The van der Waals surface area contributed by atoms with Crippen LogP contribution < -0.4 is 5.32 Å². The molecule has 8 heteroatoms. The van der Waals surface area contributed by atoms with Crippen molar-refractivity contribution in [3.63, 3.8) is 0 Å². The highest BCUT2D eigenvalue weighted by molar-refractivity contribution is 5.98. The number of nitrogens with one attached hydrogen (secondary N) is 1. The largest absolute Gasteiger partial charge is 0.479 e. The van der Waals surface area contributed by atoms with Crippen LogP contribution in [-0.2, 0) is 9.59 Å². The maximum atomic E-state index is 13.4. The number of ketones is 1. The quantitative estimate of drug-likeness (QED) is 0.648. The molecular weight excluding hydrogens is 300 g/mol. The van der Waals surface area contributed by atoms with Crippen molar-refractivity contribution in [3.8, 4) is 0 Å². The van der Waals surface area contributed by atoms with E-state index < -0.39 is 41.4 Å². The molecule has 0 aliphatic heterocycles. The summed E-state index contributed by atoms with van der Waals surface area (Å²) < 4.78 is 26.1. The maximum absolute atomic E-state index is 13.4. The molecule has 1 rings (SSSR count). The third kappa shape index (κ3) is 4.88. The molecule has 1 aromatic carbocycles. The van der Waals surface area contributed by atoms with E-state index in [1.54, 1.807) is 0 Å². The number of amides is 1. The number of carbonyl (C=O) groups excluding carboxylic acids is 2. The number of benzene rings is 1. The zero-order valence-corrected chi connectivity index (χ0v) is 11.7. The minimum Gasteiger partial charge on any atom is -0.479 e. The lowest BCUT2D eigenvalue weighted by Crippen LogP contribution is -2.46. The first-order chi connectivity index (χ1) is 10.1. The van der Waals surface area contributed by atoms with E-state index in [4.69, 9.17) is 5.11 Å². The van der Waals surface area contributed by atoms with Crippen LogP contribution in [0.5, 0.6) is 0 Å². The first kappa shape index (κ1) is 17.7. The summed E-state index contributed by atoms with van der Waals surface area (Å²) in [6.07, 6.45) is -0.644. The van der Waals surface area contributed by atoms with Crippen LogP contribution >= 0.6 is 0 Å². The van der Waals surface area contributed by atoms with E-state index >= 15 is 0 Å². The van der Waals surface area contributed by atoms with Crippen molar-refractivity contribution >= 4 is 17.7 Å². The van der Waals surface area contributed by atoms with Crippen molar-refractivity contribution in [3.05, 3.63) is 35.4 Å². The van der Waals surface area contributed by atoms with E-state index in [0.717, 1.165) is 19.1 Å². The molecule has 0 aliphatic carbocycles. The van der Waals surface area contributed by atoms with Crippen LogP contribution in [0.2, 0.25) is 0 Å². The molecule has 0 fully saturated rings. The second kappa shape index (κ2) is 7.08. The summed E-state index contributed by atoms with van der Waals surface area (Å²) >= 11 is 0. The second-order valence-electron chi connectivity index (χ2n) is 4.90. The Kier molecular flexibility index (Phi) is 5.69. The minimum atomic E-state index is -2.12. The molecule has 22 heavy (non-hydrogen) atoms. The highest BCUT2D eigenvalue weighted by Gasteiger charge is 2.30. The van der Waals surface area contributed by atoms with E-state index in [1.165, 1.54) is 0 Å². The van der Waals surface area contributed by atoms with E-state index in [0.29, 0.717) is 6.07 Å². The molecule has 3 N–H and O–H groups in total. The van der Waals surface area contributed by atoms with Gasteiger partial charge in [-0.2, -0.15) is 0 Å². The van der Waals surface area contributed by atoms with Crippen LogP contribution in [0.4, 0.5) is 8.78 Å². The average molecular weight is 315 g/mol. The molecule has 0 aliphatic rings. The monoisotopic (exact) mass is 315 g/mol. The molecule has 1 amide bonds. The first-order valence-electron chi connectivity index (χ1n) is 6.34. The van der Waals surface area contributed by atoms with Gasteiger partial charge in [0, 0.05) is 18.9 Å². The number of halogens is 2. The standard InChI is InChI=1S/C14H15F2NO5/c1-14(22,13(20)21)7-17-12(19)5-4-11(18)9-3-2-8(15)6-10(9)16/h2-3,6,22H,4-5,7H2,1H3,(H,17,19)(H,20,21). The molecule has 0 heterocycles. The third-order valence-electron chi connectivity index (χ3n) is 2.90. The van der Waals surface area contributed by atoms with Crippen molar-refractivity contribution in [2.75, 3.05) is 6.54 Å². The van der Waals surface area contributed by atoms with Gasteiger partial charge in [-0.15, -0.1) is 0 Å². The fourth-order valence-electron chi connectivity index (χ4n) is 1.51. The molecular formula is C14H15F2NO5. The van der Waals surface area contributed by atoms with E-state index in [1.807, 2.05) is 0 Å². The lowest BCUT2D eigenvalue weighted by atomic mass is 10.1. The number of carboxylic acids is 1. The molecule has 120 valence electrons. The summed E-state index contributed by atoms with van der Waals surface area (Å²) in [7, 11) is 0. The lowest BCUT2D eigenvalue weighted by Gasteiger charge is -2.18. The van der Waals surface area contributed by atoms with Gasteiger partial charge < -0.3 is 15.5 Å². The average Bonchev–Trinajstić information content (AvgIpc) is 2.42. The minimum absolute atomic E-state index is 0.314. The molecule has 0 saturated carbocycles. The fraction of sp³-hybridized carbons (Fsp3) is 0.357. The Balaban J connectivity index is 2.50. The molecule has 1 atom stereocenters. The number of hydrogen-bond donors (Lipinski definition) is 3. The molecule has 0 saturated heterocycles. The van der Waals surface area contributed by atoms with Gasteiger partial charge in [0.2, 0.25) is 5.91 Å². The smallest absolute Gasteiger partial charge is 0.337 e. The number of carboxylic acid groups (broad SMARTS) is 1. The highest BCUT2D eigenvalue weighted by atomic mass is 19.1. The van der Waals surface area contributed by atoms with Gasteiger partial charge in [-0.05, 0) is 19.1 Å². The van der Waals surface area contributed by atoms with Gasteiger partial charge in [0.1, 0.15) is 11.6 Å². The van der Waals surface area contributed by atoms with Gasteiger partial charge in [-0.1, -0.05) is 0 Å². The number of aliphatic carboxylic acids is 1. The van der Waals surface area contributed by atoms with Crippen molar-refractivity contribution in [1.29, 1.82) is 0 Å². The van der Waals surface area contributed by atoms with Crippen molar-refractivity contribution in [2.45, 2.75) is 25.4 Å². The molecule has 0 radical (unpaired) electrons. The van der Waals surface area contributed by atoms with Crippen molar-refractivity contribution < 1.29 is 33.4 Å². The van der Waals surface area contributed by atoms with Gasteiger partial charge >= 0.3 is 5.97 Å². The number of rotatable bonds is 7. The molecule has 0 bridgehead atoms. The first-order valence-corrected chi connectivity index (χ1v) is 6.34. The number of carbonyl (C=O) groups is 3. The topological polar surface area (TPSA) is 104 Å². The van der Waals surface area contributed by atoms with Gasteiger partial charge in [0.15, 0.2) is 11.4 Å². The van der Waals surface area contributed by atoms with Crippen LogP contribution in [0, 0.1) is 11.6 Å². The summed E-state index contributed by atoms with van der Waals surface area (Å²) in [6, 6.07) is 2.48. The third-order valence-corrected chi connectivity index (χ3v) is 2.90.